The van der Waals surface area contributed by atoms with Gasteiger partial charge < -0.3 is 15.5 Å². The normalized spacial score (nSPS) is 15.8. The Balaban J connectivity index is 1.40. The summed E-state index contributed by atoms with van der Waals surface area (Å²) in [5.74, 6) is 0.402. The molecule has 1 saturated heterocycles. The van der Waals surface area contributed by atoms with E-state index in [1.165, 1.54) is 6.92 Å². The van der Waals surface area contributed by atoms with Gasteiger partial charge in [0.05, 0.1) is 11.6 Å². The van der Waals surface area contributed by atoms with E-state index >= 15 is 0 Å². The first kappa shape index (κ1) is 21.8. The van der Waals surface area contributed by atoms with Gasteiger partial charge in [-0.2, -0.15) is 0 Å². The molecule has 164 valence electrons. The van der Waals surface area contributed by atoms with Crippen LogP contribution >= 0.6 is 11.6 Å². The molecule has 1 aliphatic heterocycles. The molecule has 1 fully saturated rings. The molecule has 4 rings (SSSR count). The van der Waals surface area contributed by atoms with Gasteiger partial charge in [0, 0.05) is 42.0 Å². The Bertz CT molecular complexity index is 1100. The van der Waals surface area contributed by atoms with E-state index in [1.54, 1.807) is 18.2 Å². The number of piperidine rings is 1. The molecule has 3 aromatic rings. The van der Waals surface area contributed by atoms with Crippen LogP contribution in [0.2, 0.25) is 5.02 Å². The molecule has 2 amide bonds. The number of carbonyl (C=O) groups excluding carboxylic acids is 2. The highest BCUT2D eigenvalue weighted by Crippen LogP contribution is 2.25. The number of aromatic nitrogens is 2. The maximum atomic E-state index is 12.9. The van der Waals surface area contributed by atoms with Crippen LogP contribution < -0.4 is 15.5 Å². The fraction of sp³-hybridized carbons (Fsp3) is 0.250. The van der Waals surface area contributed by atoms with Crippen LogP contribution in [0, 0.1) is 5.92 Å². The number of anilines is 3. The minimum absolute atomic E-state index is 0.0413. The molecule has 1 unspecified atom stereocenters. The zero-order chi connectivity index (χ0) is 22.5. The van der Waals surface area contributed by atoms with Crippen LogP contribution in [0.4, 0.5) is 17.2 Å². The second kappa shape index (κ2) is 9.78. The van der Waals surface area contributed by atoms with Gasteiger partial charge in [-0.15, -0.1) is 10.2 Å². The van der Waals surface area contributed by atoms with Crippen LogP contribution in [0.3, 0.4) is 0 Å². The van der Waals surface area contributed by atoms with Crippen molar-refractivity contribution in [2.24, 2.45) is 5.92 Å². The first-order valence-electron chi connectivity index (χ1n) is 10.5. The van der Waals surface area contributed by atoms with E-state index in [0.717, 1.165) is 36.5 Å². The third-order valence-electron chi connectivity index (χ3n) is 5.36. The lowest BCUT2D eigenvalue weighted by Crippen LogP contribution is -2.41. The van der Waals surface area contributed by atoms with Gasteiger partial charge in [0.15, 0.2) is 5.82 Å². The molecule has 0 bridgehead atoms. The topological polar surface area (TPSA) is 87.2 Å². The number of amides is 2. The molecule has 1 aliphatic rings. The summed E-state index contributed by atoms with van der Waals surface area (Å²) in [6, 6.07) is 18.5. The predicted molar refractivity (Wildman–Crippen MR) is 127 cm³/mol. The summed E-state index contributed by atoms with van der Waals surface area (Å²) in [5, 5.41) is 15.1. The Morgan fingerprint density at radius 1 is 1.00 bits per heavy atom. The molecular weight excluding hydrogens is 426 g/mol. The number of hydrogen-bond donors (Lipinski definition) is 2. The Hall–Kier alpha value is -3.45. The molecule has 0 radical (unpaired) electrons. The fourth-order valence-electron chi connectivity index (χ4n) is 3.79. The Morgan fingerprint density at radius 3 is 2.44 bits per heavy atom. The number of carbonyl (C=O) groups is 2. The average Bonchev–Trinajstić information content (AvgIpc) is 2.80. The summed E-state index contributed by atoms with van der Waals surface area (Å²) in [6.45, 7) is 2.86. The summed E-state index contributed by atoms with van der Waals surface area (Å²) in [4.78, 5) is 26.2. The Labute approximate surface area is 191 Å². The fourth-order valence-corrected chi connectivity index (χ4v) is 3.92. The molecule has 32 heavy (non-hydrogen) atoms. The summed E-state index contributed by atoms with van der Waals surface area (Å²) < 4.78 is 0. The highest BCUT2D eigenvalue weighted by atomic mass is 35.5. The van der Waals surface area contributed by atoms with Crippen LogP contribution in [-0.2, 0) is 9.59 Å². The van der Waals surface area contributed by atoms with Crippen LogP contribution in [0.15, 0.2) is 60.7 Å². The minimum atomic E-state index is -0.161. The second-order valence-corrected chi connectivity index (χ2v) is 8.26. The van der Waals surface area contributed by atoms with Crippen molar-refractivity contribution in [1.29, 1.82) is 0 Å². The molecule has 2 N–H and O–H groups in total. The number of hydrogen-bond acceptors (Lipinski definition) is 5. The average molecular weight is 450 g/mol. The third kappa shape index (κ3) is 5.42. The van der Waals surface area contributed by atoms with E-state index in [1.807, 2.05) is 42.5 Å². The van der Waals surface area contributed by atoms with Gasteiger partial charge >= 0.3 is 0 Å². The molecule has 2 aromatic carbocycles. The standard InChI is InChI=1S/C24H24ClN5O2/c1-16(31)26-20-5-2-6-21(14-20)27-24(32)18-4-3-13-30(15-18)23-12-11-22(28-29-23)17-7-9-19(25)10-8-17/h2,5-12,14,18H,3-4,13,15H2,1H3,(H,26,31)(H,27,32). The van der Waals surface area contributed by atoms with E-state index in [0.29, 0.717) is 22.9 Å². The van der Waals surface area contributed by atoms with Gasteiger partial charge in [-0.05, 0) is 55.3 Å². The van der Waals surface area contributed by atoms with Crippen molar-refractivity contribution in [3.8, 4) is 11.3 Å². The van der Waals surface area contributed by atoms with Crippen LogP contribution in [0.25, 0.3) is 11.3 Å². The van der Waals surface area contributed by atoms with Gasteiger partial charge in [-0.3, -0.25) is 9.59 Å². The Kier molecular flexibility index (Phi) is 6.66. The molecule has 0 aliphatic carbocycles. The van der Waals surface area contributed by atoms with Gasteiger partial charge in [0.2, 0.25) is 11.8 Å². The summed E-state index contributed by atoms with van der Waals surface area (Å²) in [5.41, 5.74) is 3.03. The summed E-state index contributed by atoms with van der Waals surface area (Å²) in [6.07, 6.45) is 1.70. The van der Waals surface area contributed by atoms with Crippen LogP contribution in [-0.4, -0.2) is 35.1 Å². The monoisotopic (exact) mass is 449 g/mol. The van der Waals surface area contributed by atoms with Gasteiger partial charge in [0.25, 0.3) is 0 Å². The molecule has 8 heteroatoms. The minimum Gasteiger partial charge on any atom is -0.354 e. The quantitative estimate of drug-likeness (QED) is 0.593. The lowest BCUT2D eigenvalue weighted by molar-refractivity contribution is -0.120. The maximum absolute atomic E-state index is 12.9. The van der Waals surface area contributed by atoms with Crippen molar-refractivity contribution < 1.29 is 9.59 Å². The van der Waals surface area contributed by atoms with E-state index in [9.17, 15) is 9.59 Å². The number of nitrogens with one attached hydrogen (secondary N) is 2. The first-order valence-corrected chi connectivity index (χ1v) is 10.9. The number of benzene rings is 2. The third-order valence-corrected chi connectivity index (χ3v) is 5.61. The SMILES string of the molecule is CC(=O)Nc1cccc(NC(=O)C2CCCN(c3ccc(-c4ccc(Cl)cc4)nn3)C2)c1. The molecular formula is C24H24ClN5O2. The van der Waals surface area contributed by atoms with Crippen molar-refractivity contribution in [2.45, 2.75) is 19.8 Å². The zero-order valence-electron chi connectivity index (χ0n) is 17.7. The first-order chi connectivity index (χ1) is 15.5. The van der Waals surface area contributed by atoms with Gasteiger partial charge in [0.1, 0.15) is 0 Å². The van der Waals surface area contributed by atoms with E-state index in [-0.39, 0.29) is 17.7 Å². The largest absolute Gasteiger partial charge is 0.354 e. The zero-order valence-corrected chi connectivity index (χ0v) is 18.5. The molecule has 7 nitrogen and oxygen atoms in total. The van der Waals surface area contributed by atoms with Crippen molar-refractivity contribution in [2.75, 3.05) is 28.6 Å². The van der Waals surface area contributed by atoms with Crippen molar-refractivity contribution >= 4 is 40.6 Å². The van der Waals surface area contributed by atoms with Crippen LogP contribution in [0.1, 0.15) is 19.8 Å². The summed E-state index contributed by atoms with van der Waals surface area (Å²) >= 11 is 5.95. The van der Waals surface area contributed by atoms with E-state index < -0.39 is 0 Å². The molecule has 1 atom stereocenters. The highest BCUT2D eigenvalue weighted by Gasteiger charge is 2.27. The van der Waals surface area contributed by atoms with Crippen molar-refractivity contribution in [1.82, 2.24) is 10.2 Å². The summed E-state index contributed by atoms with van der Waals surface area (Å²) in [7, 11) is 0. The number of nitrogens with zero attached hydrogens (tertiary/aromatic N) is 3. The lowest BCUT2D eigenvalue weighted by atomic mass is 9.97. The second-order valence-electron chi connectivity index (χ2n) is 7.82. The van der Waals surface area contributed by atoms with Crippen LogP contribution in [0.5, 0.6) is 0 Å². The Morgan fingerprint density at radius 2 is 1.75 bits per heavy atom. The molecule has 1 aromatic heterocycles. The van der Waals surface area contributed by atoms with Crippen molar-refractivity contribution in [3.05, 3.63) is 65.7 Å². The number of halogens is 1. The van der Waals surface area contributed by atoms with E-state index in [2.05, 4.69) is 25.7 Å². The molecule has 0 spiro atoms. The highest BCUT2D eigenvalue weighted by molar-refractivity contribution is 6.30. The van der Waals surface area contributed by atoms with Gasteiger partial charge in [-0.25, -0.2) is 0 Å². The molecule has 2 heterocycles. The van der Waals surface area contributed by atoms with Crippen molar-refractivity contribution in [3.63, 3.8) is 0 Å². The smallest absolute Gasteiger partial charge is 0.229 e. The predicted octanol–water partition coefficient (Wildman–Crippen LogP) is 4.61. The maximum Gasteiger partial charge on any atom is 0.229 e. The van der Waals surface area contributed by atoms with E-state index in [4.69, 9.17) is 11.6 Å². The lowest BCUT2D eigenvalue weighted by Gasteiger charge is -2.32. The number of rotatable bonds is 5. The van der Waals surface area contributed by atoms with Gasteiger partial charge in [-0.1, -0.05) is 29.8 Å². The molecule has 0 saturated carbocycles.